The van der Waals surface area contributed by atoms with Crippen LogP contribution in [0.2, 0.25) is 0 Å². The summed E-state index contributed by atoms with van der Waals surface area (Å²) < 4.78 is 0. The molecular weight excluding hydrogens is 160 g/mol. The van der Waals surface area contributed by atoms with Crippen molar-refractivity contribution in [2.45, 2.75) is 54.0 Å². The topological polar surface area (TPSA) is 27.1 Å². The summed E-state index contributed by atoms with van der Waals surface area (Å²) in [5.41, 5.74) is 0.300. The Morgan fingerprint density at radius 3 is 1.54 bits per heavy atom. The van der Waals surface area contributed by atoms with Crippen LogP contribution in [0.1, 0.15) is 48.5 Å². The van der Waals surface area contributed by atoms with Gasteiger partial charge in [0.2, 0.25) is 0 Å². The zero-order chi connectivity index (χ0) is 10.9. The van der Waals surface area contributed by atoms with Crippen molar-refractivity contribution in [2.24, 2.45) is 5.41 Å². The summed E-state index contributed by atoms with van der Waals surface area (Å²) in [5.74, 6) is 0.655. The highest BCUT2D eigenvalue weighted by Crippen LogP contribution is 2.22. The molecule has 78 valence electrons. The molecule has 0 radical (unpaired) electrons. The summed E-state index contributed by atoms with van der Waals surface area (Å²) in [6.07, 6.45) is 0. The van der Waals surface area contributed by atoms with Crippen LogP contribution in [0.25, 0.3) is 0 Å². The van der Waals surface area contributed by atoms with Gasteiger partial charge in [0.05, 0.1) is 5.84 Å². The van der Waals surface area contributed by atoms with Crippen molar-refractivity contribution in [1.82, 2.24) is 4.90 Å². The van der Waals surface area contributed by atoms with Crippen LogP contribution in [0, 0.1) is 10.8 Å². The molecule has 0 aliphatic carbocycles. The summed E-state index contributed by atoms with van der Waals surface area (Å²) in [5, 5.41) is 7.71. The molecule has 13 heavy (non-hydrogen) atoms. The Hall–Kier alpha value is -0.530. The highest BCUT2D eigenvalue weighted by atomic mass is 15.2. The Balaban J connectivity index is 4.56. The molecule has 0 aromatic carbocycles. The van der Waals surface area contributed by atoms with Gasteiger partial charge in [0, 0.05) is 12.1 Å². The highest BCUT2D eigenvalue weighted by molar-refractivity contribution is 5.77. The lowest BCUT2D eigenvalue weighted by Crippen LogP contribution is -2.48. The van der Waals surface area contributed by atoms with Crippen molar-refractivity contribution in [2.75, 3.05) is 6.54 Å². The Morgan fingerprint density at radius 1 is 1.08 bits per heavy atom. The van der Waals surface area contributed by atoms with Crippen LogP contribution in [0.5, 0.6) is 0 Å². The summed E-state index contributed by atoms with van der Waals surface area (Å²) in [6.45, 7) is 15.9. The molecule has 0 aliphatic rings. The number of nitrogens with zero attached hydrogens (tertiary/aromatic N) is 1. The van der Waals surface area contributed by atoms with E-state index in [0.717, 1.165) is 6.54 Å². The van der Waals surface area contributed by atoms with Gasteiger partial charge in [-0.05, 0) is 33.1 Å². The first-order valence-electron chi connectivity index (χ1n) is 4.87. The minimum absolute atomic E-state index is 0.0547. The molecule has 0 saturated heterocycles. The van der Waals surface area contributed by atoms with Crippen molar-refractivity contribution in [3.8, 4) is 0 Å². The van der Waals surface area contributed by atoms with E-state index in [1.165, 1.54) is 0 Å². The zero-order valence-electron chi connectivity index (χ0n) is 10.2. The Morgan fingerprint density at radius 2 is 1.46 bits per heavy atom. The summed E-state index contributed by atoms with van der Waals surface area (Å²) in [4.78, 5) is 2.15. The summed E-state index contributed by atoms with van der Waals surface area (Å²) in [7, 11) is 0. The lowest BCUT2D eigenvalue weighted by atomic mass is 9.93. The first-order valence-corrected chi connectivity index (χ1v) is 4.87. The molecule has 0 atom stereocenters. The van der Waals surface area contributed by atoms with Crippen molar-refractivity contribution >= 4 is 5.84 Å². The predicted molar refractivity (Wildman–Crippen MR) is 59.3 cm³/mol. The standard InChI is InChI=1S/C11H24N2/c1-9(12)13(11(5,6)7)8-10(2,3)4/h12H,8H2,1-7H3. The van der Waals surface area contributed by atoms with E-state index >= 15 is 0 Å². The van der Waals surface area contributed by atoms with Gasteiger partial charge >= 0.3 is 0 Å². The van der Waals surface area contributed by atoms with Gasteiger partial charge in [0.15, 0.2) is 0 Å². The van der Waals surface area contributed by atoms with Crippen LogP contribution in [-0.2, 0) is 0 Å². The second-order valence-corrected chi connectivity index (χ2v) is 5.90. The van der Waals surface area contributed by atoms with Crippen LogP contribution in [0.15, 0.2) is 0 Å². The molecule has 0 aromatic heterocycles. The smallest absolute Gasteiger partial charge is 0.0930 e. The highest BCUT2D eigenvalue weighted by Gasteiger charge is 2.26. The SMILES string of the molecule is CC(=N)N(CC(C)(C)C)C(C)(C)C. The fourth-order valence-electron chi connectivity index (χ4n) is 1.33. The molecule has 1 N–H and O–H groups in total. The number of hydrogen-bond donors (Lipinski definition) is 1. The maximum atomic E-state index is 7.71. The first kappa shape index (κ1) is 12.5. The molecule has 0 heterocycles. The molecule has 0 bridgehead atoms. The van der Waals surface area contributed by atoms with Crippen LogP contribution in [0.4, 0.5) is 0 Å². The van der Waals surface area contributed by atoms with E-state index in [4.69, 9.17) is 5.41 Å². The molecule has 0 aromatic rings. The van der Waals surface area contributed by atoms with Gasteiger partial charge in [0.1, 0.15) is 0 Å². The quantitative estimate of drug-likeness (QED) is 0.492. The molecule has 0 rings (SSSR count). The van der Waals surface area contributed by atoms with Gasteiger partial charge in [-0.2, -0.15) is 0 Å². The predicted octanol–water partition coefficient (Wildman–Crippen LogP) is 3.13. The maximum Gasteiger partial charge on any atom is 0.0930 e. The van der Waals surface area contributed by atoms with E-state index in [2.05, 4.69) is 46.4 Å². The van der Waals surface area contributed by atoms with E-state index in [1.54, 1.807) is 0 Å². The molecule has 0 spiro atoms. The monoisotopic (exact) mass is 184 g/mol. The van der Waals surface area contributed by atoms with Gasteiger partial charge in [-0.15, -0.1) is 0 Å². The number of hydrogen-bond acceptors (Lipinski definition) is 1. The molecule has 0 aliphatic heterocycles. The molecular formula is C11H24N2. The third-order valence-corrected chi connectivity index (χ3v) is 1.85. The van der Waals surface area contributed by atoms with E-state index in [0.29, 0.717) is 5.84 Å². The average Bonchev–Trinajstić information content (AvgIpc) is 1.77. The van der Waals surface area contributed by atoms with Gasteiger partial charge in [-0.3, -0.25) is 5.41 Å². The Kier molecular flexibility index (Phi) is 3.54. The number of amidine groups is 1. The van der Waals surface area contributed by atoms with Gasteiger partial charge < -0.3 is 4.90 Å². The van der Waals surface area contributed by atoms with Gasteiger partial charge in [0.25, 0.3) is 0 Å². The second kappa shape index (κ2) is 3.69. The molecule has 0 fully saturated rings. The van der Waals surface area contributed by atoms with Crippen LogP contribution in [0.3, 0.4) is 0 Å². The zero-order valence-corrected chi connectivity index (χ0v) is 10.2. The molecule has 0 amide bonds. The fourth-order valence-corrected chi connectivity index (χ4v) is 1.33. The molecule has 0 saturated carbocycles. The van der Waals surface area contributed by atoms with Crippen molar-refractivity contribution < 1.29 is 0 Å². The molecule has 0 unspecified atom stereocenters. The summed E-state index contributed by atoms with van der Waals surface area (Å²) in [6, 6.07) is 0. The van der Waals surface area contributed by atoms with E-state index in [1.807, 2.05) is 6.92 Å². The minimum atomic E-state index is 0.0547. The maximum absolute atomic E-state index is 7.71. The summed E-state index contributed by atoms with van der Waals surface area (Å²) >= 11 is 0. The lowest BCUT2D eigenvalue weighted by Gasteiger charge is -2.40. The normalized spacial score (nSPS) is 12.8. The Bertz CT molecular complexity index is 181. The first-order chi connectivity index (χ1) is 5.54. The minimum Gasteiger partial charge on any atom is -0.355 e. The largest absolute Gasteiger partial charge is 0.355 e. The number of nitrogens with one attached hydrogen (secondary N) is 1. The lowest BCUT2D eigenvalue weighted by molar-refractivity contribution is 0.171. The average molecular weight is 184 g/mol. The van der Waals surface area contributed by atoms with Gasteiger partial charge in [-0.1, -0.05) is 20.8 Å². The fraction of sp³-hybridized carbons (Fsp3) is 0.909. The van der Waals surface area contributed by atoms with Crippen molar-refractivity contribution in [1.29, 1.82) is 5.41 Å². The molecule has 2 heteroatoms. The van der Waals surface area contributed by atoms with E-state index < -0.39 is 0 Å². The van der Waals surface area contributed by atoms with Crippen LogP contribution in [-0.4, -0.2) is 22.8 Å². The van der Waals surface area contributed by atoms with E-state index in [9.17, 15) is 0 Å². The third kappa shape index (κ3) is 4.91. The second-order valence-electron chi connectivity index (χ2n) is 5.90. The van der Waals surface area contributed by atoms with Gasteiger partial charge in [-0.25, -0.2) is 0 Å². The Labute approximate surface area is 82.8 Å². The van der Waals surface area contributed by atoms with Crippen LogP contribution < -0.4 is 0 Å². The van der Waals surface area contributed by atoms with Crippen molar-refractivity contribution in [3.05, 3.63) is 0 Å². The van der Waals surface area contributed by atoms with E-state index in [-0.39, 0.29) is 11.0 Å². The van der Waals surface area contributed by atoms with Crippen LogP contribution >= 0.6 is 0 Å². The van der Waals surface area contributed by atoms with Crippen molar-refractivity contribution in [3.63, 3.8) is 0 Å². The third-order valence-electron chi connectivity index (χ3n) is 1.85. The molecule has 2 nitrogen and oxygen atoms in total. The number of rotatable bonds is 1.